The van der Waals surface area contributed by atoms with Gasteiger partial charge in [-0.05, 0) is 18.6 Å². The van der Waals surface area contributed by atoms with Crippen LogP contribution in [0.2, 0.25) is 0 Å². The first kappa shape index (κ1) is 10.8. The van der Waals surface area contributed by atoms with Gasteiger partial charge in [0.1, 0.15) is 0 Å². The summed E-state index contributed by atoms with van der Waals surface area (Å²) >= 11 is 0. The minimum Gasteiger partial charge on any atom is -0.388 e. The smallest absolute Gasteiger partial charge is 0.388 e. The molecule has 0 saturated heterocycles. The van der Waals surface area contributed by atoms with Gasteiger partial charge in [0.15, 0.2) is 0 Å². The van der Waals surface area contributed by atoms with Crippen LogP contribution in [0.4, 0.5) is 13.2 Å². The van der Waals surface area contributed by atoms with Crippen molar-refractivity contribution in [3.8, 4) is 5.88 Å². The largest absolute Gasteiger partial charge is 0.574 e. The molecule has 0 spiro atoms. The van der Waals surface area contributed by atoms with Crippen LogP contribution in [0.3, 0.4) is 0 Å². The normalized spacial score (nSPS) is 11.5. The fourth-order valence-corrected chi connectivity index (χ4v) is 0.965. The number of pyridine rings is 1. The van der Waals surface area contributed by atoms with Gasteiger partial charge in [-0.2, -0.15) is 0 Å². The molecule has 1 heterocycles. The van der Waals surface area contributed by atoms with E-state index in [1.807, 2.05) is 0 Å². The molecule has 1 rings (SSSR count). The number of hydrogen-bond acceptors (Lipinski definition) is 3. The van der Waals surface area contributed by atoms with Crippen LogP contribution in [0.1, 0.15) is 11.1 Å². The average Bonchev–Trinajstić information content (AvgIpc) is 2.06. The number of halogens is 3. The van der Waals surface area contributed by atoms with Crippen molar-refractivity contribution in [2.45, 2.75) is 19.8 Å². The molecule has 78 valence electrons. The van der Waals surface area contributed by atoms with Crippen LogP contribution in [0.5, 0.6) is 5.88 Å². The highest BCUT2D eigenvalue weighted by molar-refractivity contribution is 5.29. The van der Waals surface area contributed by atoms with Gasteiger partial charge in [0.25, 0.3) is 0 Å². The highest BCUT2D eigenvalue weighted by atomic mass is 19.4. The molecule has 14 heavy (non-hydrogen) atoms. The van der Waals surface area contributed by atoms with E-state index in [9.17, 15) is 13.2 Å². The van der Waals surface area contributed by atoms with Gasteiger partial charge in [0.2, 0.25) is 5.88 Å². The quantitative estimate of drug-likeness (QED) is 0.801. The fourth-order valence-electron chi connectivity index (χ4n) is 0.965. The van der Waals surface area contributed by atoms with Gasteiger partial charge in [-0.15, -0.1) is 13.2 Å². The van der Waals surface area contributed by atoms with Crippen LogP contribution in [0.15, 0.2) is 12.3 Å². The van der Waals surface area contributed by atoms with Gasteiger partial charge < -0.3 is 10.5 Å². The average molecular weight is 206 g/mol. The minimum absolute atomic E-state index is 0.0416. The van der Waals surface area contributed by atoms with Gasteiger partial charge in [-0.25, -0.2) is 4.98 Å². The molecular formula is C8H9F3N2O. The maximum Gasteiger partial charge on any atom is 0.574 e. The van der Waals surface area contributed by atoms with Crippen molar-refractivity contribution >= 4 is 0 Å². The van der Waals surface area contributed by atoms with Crippen LogP contribution < -0.4 is 10.5 Å². The molecule has 0 saturated carbocycles. The third-order valence-electron chi connectivity index (χ3n) is 1.49. The zero-order chi connectivity index (χ0) is 10.8. The van der Waals surface area contributed by atoms with Crippen LogP contribution in [-0.2, 0) is 6.54 Å². The second-order valence-corrected chi connectivity index (χ2v) is 2.73. The molecule has 0 fully saturated rings. The molecular weight excluding hydrogens is 197 g/mol. The van der Waals surface area contributed by atoms with E-state index in [1.54, 1.807) is 6.92 Å². The summed E-state index contributed by atoms with van der Waals surface area (Å²) in [4.78, 5) is 3.51. The number of rotatable bonds is 2. The Kier molecular flexibility index (Phi) is 2.95. The Morgan fingerprint density at radius 3 is 2.64 bits per heavy atom. The third kappa shape index (κ3) is 2.88. The van der Waals surface area contributed by atoms with E-state index < -0.39 is 12.2 Å². The minimum atomic E-state index is -4.73. The highest BCUT2D eigenvalue weighted by Crippen LogP contribution is 2.24. The van der Waals surface area contributed by atoms with E-state index in [2.05, 4.69) is 9.72 Å². The Hall–Kier alpha value is -1.30. The molecule has 0 aliphatic heterocycles. The predicted octanol–water partition coefficient (Wildman–Crippen LogP) is 1.75. The SMILES string of the molecule is Cc1cnc(OC(F)(F)F)c(CN)c1. The number of ether oxygens (including phenoxy) is 1. The molecule has 2 N–H and O–H groups in total. The van der Waals surface area contributed by atoms with E-state index in [4.69, 9.17) is 5.73 Å². The first-order valence-electron chi connectivity index (χ1n) is 3.83. The molecule has 0 aliphatic rings. The summed E-state index contributed by atoms with van der Waals surface area (Å²) in [5, 5.41) is 0. The second-order valence-electron chi connectivity index (χ2n) is 2.73. The summed E-state index contributed by atoms with van der Waals surface area (Å²) < 4.78 is 39.3. The molecule has 0 atom stereocenters. The molecule has 0 bridgehead atoms. The van der Waals surface area contributed by atoms with E-state index in [-0.39, 0.29) is 12.1 Å². The van der Waals surface area contributed by atoms with Crippen molar-refractivity contribution in [3.05, 3.63) is 23.4 Å². The second kappa shape index (κ2) is 3.83. The summed E-state index contributed by atoms with van der Waals surface area (Å²) in [6.07, 6.45) is -3.44. The molecule has 0 unspecified atom stereocenters. The van der Waals surface area contributed by atoms with E-state index >= 15 is 0 Å². The van der Waals surface area contributed by atoms with Crippen molar-refractivity contribution in [3.63, 3.8) is 0 Å². The monoisotopic (exact) mass is 206 g/mol. The third-order valence-corrected chi connectivity index (χ3v) is 1.49. The van der Waals surface area contributed by atoms with Crippen molar-refractivity contribution in [2.75, 3.05) is 0 Å². The Labute approximate surface area is 78.7 Å². The molecule has 0 radical (unpaired) electrons. The molecule has 3 nitrogen and oxygen atoms in total. The summed E-state index contributed by atoms with van der Waals surface area (Å²) in [7, 11) is 0. The lowest BCUT2D eigenvalue weighted by Gasteiger charge is -2.11. The number of aromatic nitrogens is 1. The van der Waals surface area contributed by atoms with Crippen molar-refractivity contribution in [1.82, 2.24) is 4.98 Å². The van der Waals surface area contributed by atoms with E-state index in [0.717, 1.165) is 5.56 Å². The number of alkyl halides is 3. The zero-order valence-electron chi connectivity index (χ0n) is 7.43. The summed E-state index contributed by atoms with van der Waals surface area (Å²) in [5.74, 6) is -0.481. The van der Waals surface area contributed by atoms with Crippen molar-refractivity contribution < 1.29 is 17.9 Å². The maximum atomic E-state index is 11.9. The van der Waals surface area contributed by atoms with Gasteiger partial charge in [-0.1, -0.05) is 0 Å². The van der Waals surface area contributed by atoms with E-state index in [0.29, 0.717) is 0 Å². The number of aryl methyl sites for hydroxylation is 1. The number of nitrogens with two attached hydrogens (primary N) is 1. The Morgan fingerprint density at radius 2 is 2.14 bits per heavy atom. The number of hydrogen-bond donors (Lipinski definition) is 1. The van der Waals surface area contributed by atoms with Crippen LogP contribution in [0, 0.1) is 6.92 Å². The maximum absolute atomic E-state index is 11.9. The lowest BCUT2D eigenvalue weighted by Crippen LogP contribution is -2.19. The molecule has 0 aliphatic carbocycles. The molecule has 6 heteroatoms. The first-order chi connectivity index (χ1) is 6.42. The van der Waals surface area contributed by atoms with E-state index in [1.165, 1.54) is 12.3 Å². The highest BCUT2D eigenvalue weighted by Gasteiger charge is 2.32. The topological polar surface area (TPSA) is 48.1 Å². The fraction of sp³-hybridized carbons (Fsp3) is 0.375. The lowest BCUT2D eigenvalue weighted by molar-refractivity contribution is -0.276. The number of nitrogens with zero attached hydrogens (tertiary/aromatic N) is 1. The van der Waals surface area contributed by atoms with Crippen LogP contribution in [-0.4, -0.2) is 11.3 Å². The predicted molar refractivity (Wildman–Crippen MR) is 43.5 cm³/mol. The lowest BCUT2D eigenvalue weighted by atomic mass is 10.2. The Balaban J connectivity index is 2.97. The Bertz CT molecular complexity index is 325. The van der Waals surface area contributed by atoms with Gasteiger partial charge in [-0.3, -0.25) is 0 Å². The Morgan fingerprint density at radius 1 is 1.50 bits per heavy atom. The summed E-state index contributed by atoms with van der Waals surface area (Å²) in [6.45, 7) is 1.67. The van der Waals surface area contributed by atoms with Crippen LogP contribution >= 0.6 is 0 Å². The zero-order valence-corrected chi connectivity index (χ0v) is 7.43. The van der Waals surface area contributed by atoms with Crippen molar-refractivity contribution in [2.24, 2.45) is 5.73 Å². The molecule has 1 aromatic rings. The first-order valence-corrected chi connectivity index (χ1v) is 3.83. The van der Waals surface area contributed by atoms with Gasteiger partial charge in [0, 0.05) is 18.3 Å². The van der Waals surface area contributed by atoms with Crippen molar-refractivity contribution in [1.29, 1.82) is 0 Å². The van der Waals surface area contributed by atoms with Crippen LogP contribution in [0.25, 0.3) is 0 Å². The molecule has 0 aromatic carbocycles. The summed E-state index contributed by atoms with van der Waals surface area (Å²) in [5.41, 5.74) is 6.23. The standard InChI is InChI=1S/C8H9F3N2O/c1-5-2-6(3-12)7(13-4-5)14-8(9,10)11/h2,4H,3,12H2,1H3. The van der Waals surface area contributed by atoms with Gasteiger partial charge in [0.05, 0.1) is 0 Å². The summed E-state index contributed by atoms with van der Waals surface area (Å²) in [6, 6.07) is 1.51. The molecule has 1 aromatic heterocycles. The van der Waals surface area contributed by atoms with Gasteiger partial charge >= 0.3 is 6.36 Å². The molecule has 0 amide bonds.